The van der Waals surface area contributed by atoms with E-state index in [0.717, 1.165) is 15.6 Å². The molecule has 1 aromatic heterocycles. The van der Waals surface area contributed by atoms with E-state index in [1.54, 1.807) is 67.1 Å². The second-order valence-electron chi connectivity index (χ2n) is 10.6. The number of allylic oxidation sites excluding steroid dienone is 1. The number of hydrogen-bond donors (Lipinski definition) is 1. The highest BCUT2D eigenvalue weighted by Gasteiger charge is 2.32. The van der Waals surface area contributed by atoms with Gasteiger partial charge in [0.25, 0.3) is 17.2 Å². The predicted molar refractivity (Wildman–Crippen MR) is 183 cm³/mol. The molecule has 47 heavy (non-hydrogen) atoms. The van der Waals surface area contributed by atoms with Crippen LogP contribution in [0.5, 0.6) is 11.5 Å². The van der Waals surface area contributed by atoms with E-state index < -0.39 is 11.0 Å². The number of fused-ring (bicyclic) bond motifs is 1. The molecule has 236 valence electrons. The van der Waals surface area contributed by atoms with Gasteiger partial charge < -0.3 is 14.8 Å². The third-order valence-corrected chi connectivity index (χ3v) is 9.01. The number of anilines is 1. The molecule has 5 aromatic rings. The molecular formula is C35H27BrN4O6S. The second-order valence-corrected chi connectivity index (χ2v) is 12.5. The number of methoxy groups -OCH3 is 1. The van der Waals surface area contributed by atoms with Gasteiger partial charge in [-0.2, -0.15) is 0 Å². The third-order valence-electron chi connectivity index (χ3n) is 7.53. The van der Waals surface area contributed by atoms with Crippen LogP contribution in [0.25, 0.3) is 6.08 Å². The predicted octanol–water partition coefficient (Wildman–Crippen LogP) is 6.13. The number of nitrogens with zero attached hydrogens (tertiary/aromatic N) is 3. The Morgan fingerprint density at radius 3 is 2.47 bits per heavy atom. The quantitative estimate of drug-likeness (QED) is 0.145. The highest BCUT2D eigenvalue weighted by Crippen LogP contribution is 2.32. The van der Waals surface area contributed by atoms with Gasteiger partial charge in [-0.3, -0.25) is 24.3 Å². The summed E-state index contributed by atoms with van der Waals surface area (Å²) in [5.41, 5.74) is 3.28. The van der Waals surface area contributed by atoms with E-state index in [1.807, 2.05) is 42.5 Å². The summed E-state index contributed by atoms with van der Waals surface area (Å²) in [5.74, 6) is 0.803. The fourth-order valence-electron chi connectivity index (χ4n) is 5.21. The van der Waals surface area contributed by atoms with Crippen LogP contribution in [-0.4, -0.2) is 22.5 Å². The molecule has 4 aromatic carbocycles. The minimum absolute atomic E-state index is 0.00246. The zero-order chi connectivity index (χ0) is 33.1. The van der Waals surface area contributed by atoms with Crippen molar-refractivity contribution in [3.05, 3.63) is 159 Å². The van der Waals surface area contributed by atoms with Crippen molar-refractivity contribution in [1.82, 2.24) is 4.57 Å². The fourth-order valence-corrected chi connectivity index (χ4v) is 6.63. The molecule has 1 aliphatic heterocycles. The lowest BCUT2D eigenvalue weighted by atomic mass is 9.95. The molecule has 0 unspecified atom stereocenters. The van der Waals surface area contributed by atoms with Crippen LogP contribution in [0.1, 0.15) is 29.7 Å². The van der Waals surface area contributed by atoms with Crippen LogP contribution in [0.4, 0.5) is 11.4 Å². The van der Waals surface area contributed by atoms with Gasteiger partial charge in [0.15, 0.2) is 4.80 Å². The number of non-ortho nitro benzene ring substituents is 1. The van der Waals surface area contributed by atoms with Crippen LogP contribution in [-0.2, 0) is 11.4 Å². The lowest BCUT2D eigenvalue weighted by molar-refractivity contribution is -0.384. The van der Waals surface area contributed by atoms with Crippen LogP contribution in [0.15, 0.2) is 123 Å². The first kappa shape index (κ1) is 31.6. The summed E-state index contributed by atoms with van der Waals surface area (Å²) in [4.78, 5) is 43.8. The Kier molecular flexibility index (Phi) is 9.14. The number of ether oxygens (including phenoxy) is 2. The van der Waals surface area contributed by atoms with Crippen molar-refractivity contribution < 1.29 is 19.2 Å². The summed E-state index contributed by atoms with van der Waals surface area (Å²) in [5, 5.41) is 14.0. The largest absolute Gasteiger partial charge is 0.497 e. The monoisotopic (exact) mass is 710 g/mol. The standard InChI is InChI=1S/C35H27BrN4O6S/c1-21-31(33(41)38-26-6-4-3-5-7-26)32(23-10-15-28(45-2)16-11-23)39-34(42)30(47-35(39)37-21)19-24-18-25(36)12-17-29(24)46-20-22-8-13-27(14-9-22)40(43)44/h3-19,32H,20H2,1-2H3,(H,38,41)/b30-19+/t32-/m0/s1. The number of carbonyl (C=O) groups excluding carboxylic acids is 1. The summed E-state index contributed by atoms with van der Waals surface area (Å²) in [6.07, 6.45) is 1.74. The maximum Gasteiger partial charge on any atom is 0.271 e. The number of carbonyl (C=O) groups is 1. The Balaban J connectivity index is 1.41. The summed E-state index contributed by atoms with van der Waals surface area (Å²) >= 11 is 4.73. The van der Waals surface area contributed by atoms with E-state index in [9.17, 15) is 19.7 Å². The molecule has 0 bridgehead atoms. The average molecular weight is 712 g/mol. The SMILES string of the molecule is COc1ccc([C@H]2C(C(=O)Nc3ccccc3)=C(C)N=c3s/c(=C/c4cc(Br)ccc4OCc4ccc([N+](=O)[O-])cc4)c(=O)n32)cc1. The first-order chi connectivity index (χ1) is 22.7. The van der Waals surface area contributed by atoms with Gasteiger partial charge >= 0.3 is 0 Å². The number of thiazole rings is 1. The van der Waals surface area contributed by atoms with Gasteiger partial charge in [-0.15, -0.1) is 0 Å². The van der Waals surface area contributed by atoms with Gasteiger partial charge in [0, 0.05) is 27.9 Å². The number of halogens is 1. The van der Waals surface area contributed by atoms with E-state index >= 15 is 0 Å². The Morgan fingerprint density at radius 1 is 1.06 bits per heavy atom. The van der Waals surface area contributed by atoms with E-state index in [2.05, 4.69) is 21.2 Å². The molecule has 0 fully saturated rings. The van der Waals surface area contributed by atoms with Crippen LogP contribution in [0, 0.1) is 10.1 Å². The highest BCUT2D eigenvalue weighted by molar-refractivity contribution is 9.10. The zero-order valence-corrected chi connectivity index (χ0v) is 27.6. The van der Waals surface area contributed by atoms with E-state index in [1.165, 1.54) is 23.5 Å². The molecule has 0 aliphatic carbocycles. The molecule has 1 atom stereocenters. The maximum atomic E-state index is 14.2. The van der Waals surface area contributed by atoms with Crippen molar-refractivity contribution in [3.63, 3.8) is 0 Å². The fraction of sp³-hybridized carbons (Fsp3) is 0.114. The summed E-state index contributed by atoms with van der Waals surface area (Å²) in [6, 6.07) is 27.2. The Hall–Kier alpha value is -5.33. The molecule has 1 N–H and O–H groups in total. The molecule has 12 heteroatoms. The smallest absolute Gasteiger partial charge is 0.271 e. The van der Waals surface area contributed by atoms with Crippen molar-refractivity contribution in [3.8, 4) is 11.5 Å². The summed E-state index contributed by atoms with van der Waals surface area (Å²) in [7, 11) is 1.58. The number of aromatic nitrogens is 1. The van der Waals surface area contributed by atoms with E-state index in [-0.39, 0.29) is 23.8 Å². The molecule has 0 spiro atoms. The van der Waals surface area contributed by atoms with Crippen LogP contribution >= 0.6 is 27.3 Å². The van der Waals surface area contributed by atoms with Crippen LogP contribution < -0.4 is 29.7 Å². The minimum atomic E-state index is -0.747. The highest BCUT2D eigenvalue weighted by atomic mass is 79.9. The summed E-state index contributed by atoms with van der Waals surface area (Å²) < 4.78 is 14.2. The van der Waals surface area contributed by atoms with Crippen molar-refractivity contribution >= 4 is 50.6 Å². The second kappa shape index (κ2) is 13.6. The van der Waals surface area contributed by atoms with Gasteiger partial charge in [-0.1, -0.05) is 57.6 Å². The van der Waals surface area contributed by atoms with Crippen molar-refractivity contribution in [2.75, 3.05) is 12.4 Å². The van der Waals surface area contributed by atoms with Gasteiger partial charge in [0.2, 0.25) is 0 Å². The number of nitro groups is 1. The number of para-hydroxylation sites is 1. The Labute approximate surface area is 281 Å². The normalized spacial score (nSPS) is 14.3. The minimum Gasteiger partial charge on any atom is -0.497 e. The van der Waals surface area contributed by atoms with Gasteiger partial charge in [-0.25, -0.2) is 4.99 Å². The van der Waals surface area contributed by atoms with E-state index in [4.69, 9.17) is 14.5 Å². The van der Waals surface area contributed by atoms with Gasteiger partial charge in [0.05, 0.1) is 33.9 Å². The molecule has 6 rings (SSSR count). The zero-order valence-electron chi connectivity index (χ0n) is 25.2. The number of nitrogens with one attached hydrogen (secondary N) is 1. The summed E-state index contributed by atoms with van der Waals surface area (Å²) in [6.45, 7) is 1.93. The molecule has 1 aliphatic rings. The lowest BCUT2D eigenvalue weighted by Crippen LogP contribution is -2.40. The molecular weight excluding hydrogens is 684 g/mol. The molecule has 2 heterocycles. The first-order valence-corrected chi connectivity index (χ1v) is 16.0. The number of amides is 1. The molecule has 0 radical (unpaired) electrons. The first-order valence-electron chi connectivity index (χ1n) is 14.4. The number of rotatable bonds is 9. The number of benzene rings is 4. The Bertz CT molecular complexity index is 2190. The Morgan fingerprint density at radius 2 is 1.79 bits per heavy atom. The number of nitro benzene ring substituents is 1. The van der Waals surface area contributed by atoms with Crippen LogP contribution in [0.3, 0.4) is 0 Å². The molecule has 1 amide bonds. The molecule has 0 saturated heterocycles. The van der Waals surface area contributed by atoms with Crippen LogP contribution in [0.2, 0.25) is 0 Å². The number of hydrogen-bond acceptors (Lipinski definition) is 8. The third kappa shape index (κ3) is 6.79. The molecule has 0 saturated carbocycles. The van der Waals surface area contributed by atoms with Crippen molar-refractivity contribution in [2.45, 2.75) is 19.6 Å². The molecule has 10 nitrogen and oxygen atoms in total. The van der Waals surface area contributed by atoms with Gasteiger partial charge in [-0.05, 0) is 78.7 Å². The van der Waals surface area contributed by atoms with Crippen molar-refractivity contribution in [1.29, 1.82) is 0 Å². The van der Waals surface area contributed by atoms with Crippen molar-refractivity contribution in [2.24, 2.45) is 4.99 Å². The average Bonchev–Trinajstić information content (AvgIpc) is 3.38. The lowest BCUT2D eigenvalue weighted by Gasteiger charge is -2.25. The maximum absolute atomic E-state index is 14.2. The van der Waals surface area contributed by atoms with E-state index in [0.29, 0.717) is 43.4 Å². The van der Waals surface area contributed by atoms with Gasteiger partial charge in [0.1, 0.15) is 18.1 Å². The topological polar surface area (TPSA) is 125 Å².